The molecular formula is C13H24N2O2. The monoisotopic (exact) mass is 240 g/mol. The molecule has 2 aliphatic rings. The Labute approximate surface area is 103 Å². The fraction of sp³-hybridized carbons (Fsp3) is 0.923. The summed E-state index contributed by atoms with van der Waals surface area (Å²) in [5, 5.41) is 6.30. The van der Waals surface area contributed by atoms with Gasteiger partial charge in [-0.1, -0.05) is 12.8 Å². The predicted molar refractivity (Wildman–Crippen MR) is 66.8 cm³/mol. The molecule has 0 aromatic carbocycles. The second-order valence-corrected chi connectivity index (χ2v) is 5.09. The molecule has 0 unspecified atom stereocenters. The fourth-order valence-corrected chi connectivity index (χ4v) is 2.69. The number of hydrogen-bond donors (Lipinski definition) is 2. The molecule has 1 heterocycles. The van der Waals surface area contributed by atoms with E-state index in [9.17, 15) is 4.79 Å². The van der Waals surface area contributed by atoms with Crippen molar-refractivity contribution in [2.75, 3.05) is 26.2 Å². The summed E-state index contributed by atoms with van der Waals surface area (Å²) >= 11 is 0. The molecule has 4 heteroatoms. The van der Waals surface area contributed by atoms with E-state index in [0.717, 1.165) is 38.8 Å². The summed E-state index contributed by atoms with van der Waals surface area (Å²) in [7, 11) is 0. The Balaban J connectivity index is 1.51. The minimum atomic E-state index is 0.233. The zero-order valence-corrected chi connectivity index (χ0v) is 10.5. The Hall–Kier alpha value is -0.610. The first kappa shape index (κ1) is 12.8. The molecule has 1 aliphatic carbocycles. The SMILES string of the molecule is O=C(NCCOC1CCNCC1)C1CCCC1. The molecular weight excluding hydrogens is 216 g/mol. The third-order valence-corrected chi connectivity index (χ3v) is 3.77. The van der Waals surface area contributed by atoms with Gasteiger partial charge in [-0.05, 0) is 38.8 Å². The van der Waals surface area contributed by atoms with E-state index in [-0.39, 0.29) is 11.8 Å². The Morgan fingerprint density at radius 3 is 2.59 bits per heavy atom. The van der Waals surface area contributed by atoms with Gasteiger partial charge in [0.2, 0.25) is 5.91 Å². The first-order valence-electron chi connectivity index (χ1n) is 6.96. The number of rotatable bonds is 5. The van der Waals surface area contributed by atoms with Crippen molar-refractivity contribution < 1.29 is 9.53 Å². The maximum Gasteiger partial charge on any atom is 0.223 e. The van der Waals surface area contributed by atoms with Crippen molar-refractivity contribution in [2.24, 2.45) is 5.92 Å². The first-order chi connectivity index (χ1) is 8.36. The minimum Gasteiger partial charge on any atom is -0.376 e. The molecule has 2 rings (SSSR count). The second-order valence-electron chi connectivity index (χ2n) is 5.09. The van der Waals surface area contributed by atoms with E-state index in [1.807, 2.05) is 0 Å². The van der Waals surface area contributed by atoms with E-state index in [2.05, 4.69) is 10.6 Å². The van der Waals surface area contributed by atoms with Gasteiger partial charge in [-0.15, -0.1) is 0 Å². The summed E-state index contributed by atoms with van der Waals surface area (Å²) in [5.74, 6) is 0.505. The van der Waals surface area contributed by atoms with Gasteiger partial charge >= 0.3 is 0 Å². The highest BCUT2D eigenvalue weighted by molar-refractivity contribution is 5.78. The maximum absolute atomic E-state index is 11.7. The van der Waals surface area contributed by atoms with Crippen LogP contribution in [-0.4, -0.2) is 38.3 Å². The molecule has 0 aromatic heterocycles. The van der Waals surface area contributed by atoms with Crippen molar-refractivity contribution in [1.29, 1.82) is 0 Å². The highest BCUT2D eigenvalue weighted by Gasteiger charge is 2.22. The summed E-state index contributed by atoms with van der Waals surface area (Å²) in [6, 6.07) is 0. The molecule has 17 heavy (non-hydrogen) atoms. The van der Waals surface area contributed by atoms with Crippen LogP contribution in [0.2, 0.25) is 0 Å². The summed E-state index contributed by atoms with van der Waals surface area (Å²) < 4.78 is 5.74. The van der Waals surface area contributed by atoms with Crippen LogP contribution in [0.4, 0.5) is 0 Å². The molecule has 0 spiro atoms. The molecule has 2 fully saturated rings. The molecule has 1 amide bonds. The van der Waals surface area contributed by atoms with E-state index >= 15 is 0 Å². The van der Waals surface area contributed by atoms with Crippen molar-refractivity contribution in [3.05, 3.63) is 0 Å². The van der Waals surface area contributed by atoms with Crippen molar-refractivity contribution in [3.8, 4) is 0 Å². The lowest BCUT2D eigenvalue weighted by Gasteiger charge is -2.23. The fourth-order valence-electron chi connectivity index (χ4n) is 2.69. The van der Waals surface area contributed by atoms with Gasteiger partial charge < -0.3 is 15.4 Å². The summed E-state index contributed by atoms with van der Waals surface area (Å²) in [5.41, 5.74) is 0. The van der Waals surface area contributed by atoms with Gasteiger partial charge in [-0.25, -0.2) is 0 Å². The van der Waals surface area contributed by atoms with Crippen LogP contribution in [0.25, 0.3) is 0 Å². The van der Waals surface area contributed by atoms with Gasteiger partial charge in [-0.2, -0.15) is 0 Å². The van der Waals surface area contributed by atoms with Crippen LogP contribution in [-0.2, 0) is 9.53 Å². The van der Waals surface area contributed by atoms with Crippen molar-refractivity contribution in [3.63, 3.8) is 0 Å². The number of piperidine rings is 1. The Morgan fingerprint density at radius 1 is 1.18 bits per heavy atom. The third-order valence-electron chi connectivity index (χ3n) is 3.77. The topological polar surface area (TPSA) is 50.4 Å². The number of carbonyl (C=O) groups excluding carboxylic acids is 1. The largest absolute Gasteiger partial charge is 0.376 e. The van der Waals surface area contributed by atoms with Gasteiger partial charge in [0, 0.05) is 12.5 Å². The zero-order chi connectivity index (χ0) is 11.9. The highest BCUT2D eigenvalue weighted by Crippen LogP contribution is 2.24. The molecule has 0 bridgehead atoms. The predicted octanol–water partition coefficient (Wildman–Crippen LogP) is 1.06. The number of carbonyl (C=O) groups is 1. The van der Waals surface area contributed by atoms with E-state index in [1.165, 1.54) is 12.8 Å². The molecule has 0 radical (unpaired) electrons. The Kier molecular flexibility index (Phi) is 5.26. The average molecular weight is 240 g/mol. The Morgan fingerprint density at radius 2 is 1.88 bits per heavy atom. The van der Waals surface area contributed by atoms with E-state index in [1.54, 1.807) is 0 Å². The van der Waals surface area contributed by atoms with Gasteiger partial charge in [0.25, 0.3) is 0 Å². The maximum atomic E-state index is 11.7. The lowest BCUT2D eigenvalue weighted by atomic mass is 10.1. The zero-order valence-electron chi connectivity index (χ0n) is 10.5. The molecule has 0 aromatic rings. The molecule has 1 saturated heterocycles. The number of amides is 1. The number of ether oxygens (including phenoxy) is 1. The molecule has 4 nitrogen and oxygen atoms in total. The average Bonchev–Trinajstić information content (AvgIpc) is 2.89. The molecule has 0 atom stereocenters. The van der Waals surface area contributed by atoms with Crippen molar-refractivity contribution in [1.82, 2.24) is 10.6 Å². The van der Waals surface area contributed by atoms with Gasteiger partial charge in [0.05, 0.1) is 12.7 Å². The van der Waals surface area contributed by atoms with Gasteiger partial charge in [0.15, 0.2) is 0 Å². The van der Waals surface area contributed by atoms with E-state index in [0.29, 0.717) is 19.3 Å². The van der Waals surface area contributed by atoms with Crippen LogP contribution in [0.5, 0.6) is 0 Å². The van der Waals surface area contributed by atoms with Crippen molar-refractivity contribution in [2.45, 2.75) is 44.6 Å². The minimum absolute atomic E-state index is 0.233. The van der Waals surface area contributed by atoms with Crippen LogP contribution in [0.1, 0.15) is 38.5 Å². The van der Waals surface area contributed by atoms with Crippen LogP contribution < -0.4 is 10.6 Å². The molecule has 2 N–H and O–H groups in total. The third kappa shape index (κ3) is 4.28. The first-order valence-corrected chi connectivity index (χ1v) is 6.96. The smallest absolute Gasteiger partial charge is 0.223 e. The van der Waals surface area contributed by atoms with E-state index < -0.39 is 0 Å². The molecule has 98 valence electrons. The standard InChI is InChI=1S/C13H24N2O2/c16-13(11-3-1-2-4-11)15-9-10-17-12-5-7-14-8-6-12/h11-12,14H,1-10H2,(H,15,16). The number of hydrogen-bond acceptors (Lipinski definition) is 3. The summed E-state index contributed by atoms with van der Waals surface area (Å²) in [6.07, 6.45) is 7.14. The van der Waals surface area contributed by atoms with Gasteiger partial charge in [-0.3, -0.25) is 4.79 Å². The molecule has 1 aliphatic heterocycles. The number of nitrogens with one attached hydrogen (secondary N) is 2. The Bertz CT molecular complexity index is 234. The second kappa shape index (κ2) is 6.97. The van der Waals surface area contributed by atoms with Crippen LogP contribution in [0.15, 0.2) is 0 Å². The lowest BCUT2D eigenvalue weighted by molar-refractivity contribution is -0.125. The molecule has 1 saturated carbocycles. The normalized spacial score (nSPS) is 22.8. The van der Waals surface area contributed by atoms with Crippen LogP contribution in [0.3, 0.4) is 0 Å². The van der Waals surface area contributed by atoms with Crippen molar-refractivity contribution >= 4 is 5.91 Å². The quantitative estimate of drug-likeness (QED) is 0.707. The van der Waals surface area contributed by atoms with Gasteiger partial charge in [0.1, 0.15) is 0 Å². The lowest BCUT2D eigenvalue weighted by Crippen LogP contribution is -2.36. The summed E-state index contributed by atoms with van der Waals surface area (Å²) in [4.78, 5) is 11.7. The highest BCUT2D eigenvalue weighted by atomic mass is 16.5. The van der Waals surface area contributed by atoms with Crippen LogP contribution in [0, 0.1) is 5.92 Å². The van der Waals surface area contributed by atoms with Crippen LogP contribution >= 0.6 is 0 Å². The van der Waals surface area contributed by atoms with E-state index in [4.69, 9.17) is 4.74 Å². The summed E-state index contributed by atoms with van der Waals surface area (Å²) in [6.45, 7) is 3.43.